The van der Waals surface area contributed by atoms with E-state index in [0.29, 0.717) is 36.8 Å². The molecule has 6 rings (SSSR count). The number of unbranched alkanes of at least 4 members (excludes halogenated alkanes) is 3. The standard InChI is InChI=1S/C48H47N5O5/c1-5-47(54)57-29-11-7-6-10-28-56-39-24-18-37(19-25-39)48(55)58-40-22-16-36(17-23-40)32-49-43-26-27-44(42-13-9-8-12-41(42)43)51-53-46-31-34(3)45(30-35(46)4)52-50-38-20-14-33(2)15-21-38/h5,8-9,12-27,30-31,49H,1,6-7,10-11,28-29,32H2,2-4H3. The van der Waals surface area contributed by atoms with Gasteiger partial charge in [0.15, 0.2) is 0 Å². The van der Waals surface area contributed by atoms with Crippen LogP contribution in [-0.2, 0) is 16.1 Å². The molecule has 0 heterocycles. The van der Waals surface area contributed by atoms with Crippen LogP contribution in [0.2, 0.25) is 0 Å². The summed E-state index contributed by atoms with van der Waals surface area (Å²) in [5, 5.41) is 23.7. The van der Waals surface area contributed by atoms with E-state index in [-0.39, 0.29) is 0 Å². The molecule has 10 nitrogen and oxygen atoms in total. The van der Waals surface area contributed by atoms with E-state index in [1.54, 1.807) is 36.4 Å². The lowest BCUT2D eigenvalue weighted by Gasteiger charge is -2.12. The van der Waals surface area contributed by atoms with Crippen LogP contribution < -0.4 is 14.8 Å². The van der Waals surface area contributed by atoms with E-state index in [1.165, 1.54) is 11.6 Å². The number of hydrogen-bond acceptors (Lipinski definition) is 10. The molecule has 0 saturated heterocycles. The van der Waals surface area contributed by atoms with Gasteiger partial charge in [0.25, 0.3) is 0 Å². The average molecular weight is 774 g/mol. The van der Waals surface area contributed by atoms with E-state index in [1.807, 2.05) is 99.6 Å². The predicted octanol–water partition coefficient (Wildman–Crippen LogP) is 13.1. The number of rotatable bonds is 18. The van der Waals surface area contributed by atoms with Crippen molar-refractivity contribution < 1.29 is 23.8 Å². The molecule has 1 N–H and O–H groups in total. The lowest BCUT2D eigenvalue weighted by molar-refractivity contribution is -0.137. The number of aryl methyl sites for hydroxylation is 3. The SMILES string of the molecule is C=CC(=O)OCCCCCCOc1ccc(C(=O)Oc2ccc(CNc3ccc(N=Nc4cc(C)c(N=Nc5ccc(C)cc5)cc4C)c4ccccc34)cc2)cc1. The van der Waals surface area contributed by atoms with Crippen LogP contribution in [0, 0.1) is 20.8 Å². The van der Waals surface area contributed by atoms with Crippen molar-refractivity contribution >= 4 is 51.1 Å². The molecule has 0 spiro atoms. The van der Waals surface area contributed by atoms with Gasteiger partial charge in [-0.05, 0) is 136 Å². The van der Waals surface area contributed by atoms with Crippen LogP contribution >= 0.6 is 0 Å². The minimum atomic E-state index is -0.444. The van der Waals surface area contributed by atoms with Gasteiger partial charge in [-0.25, -0.2) is 9.59 Å². The van der Waals surface area contributed by atoms with Gasteiger partial charge in [0.2, 0.25) is 0 Å². The Kier molecular flexibility index (Phi) is 14.2. The Bertz CT molecular complexity index is 2410. The first kappa shape index (κ1) is 40.7. The van der Waals surface area contributed by atoms with Gasteiger partial charge in [0.1, 0.15) is 11.5 Å². The highest BCUT2D eigenvalue weighted by molar-refractivity contribution is 6.00. The molecule has 0 aliphatic rings. The smallest absolute Gasteiger partial charge is 0.343 e. The number of benzene rings is 6. The number of nitrogens with zero attached hydrogens (tertiary/aromatic N) is 4. The molecule has 0 unspecified atom stereocenters. The molecule has 0 amide bonds. The van der Waals surface area contributed by atoms with Crippen LogP contribution in [0.25, 0.3) is 10.8 Å². The topological polar surface area (TPSA) is 123 Å². The van der Waals surface area contributed by atoms with E-state index in [2.05, 4.69) is 38.4 Å². The Labute approximate surface area is 339 Å². The van der Waals surface area contributed by atoms with Crippen molar-refractivity contribution in [2.45, 2.75) is 53.0 Å². The molecule has 0 aromatic heterocycles. The normalized spacial score (nSPS) is 11.2. The van der Waals surface area contributed by atoms with Crippen molar-refractivity contribution in [1.29, 1.82) is 0 Å². The van der Waals surface area contributed by atoms with Crippen molar-refractivity contribution in [1.82, 2.24) is 0 Å². The van der Waals surface area contributed by atoms with E-state index in [4.69, 9.17) is 14.2 Å². The number of hydrogen-bond donors (Lipinski definition) is 1. The lowest BCUT2D eigenvalue weighted by Crippen LogP contribution is -2.08. The zero-order valence-corrected chi connectivity index (χ0v) is 33.1. The van der Waals surface area contributed by atoms with E-state index in [9.17, 15) is 9.59 Å². The van der Waals surface area contributed by atoms with Gasteiger partial charge in [-0.1, -0.05) is 60.7 Å². The van der Waals surface area contributed by atoms with Crippen LogP contribution in [0.5, 0.6) is 11.5 Å². The van der Waals surface area contributed by atoms with E-state index in [0.717, 1.165) is 81.6 Å². The molecule has 0 fully saturated rings. The summed E-state index contributed by atoms with van der Waals surface area (Å²) in [6.07, 6.45) is 4.76. The number of nitrogens with one attached hydrogen (secondary N) is 1. The van der Waals surface area contributed by atoms with Gasteiger partial charge in [-0.15, -0.1) is 5.11 Å². The number of ether oxygens (including phenoxy) is 3. The molecular weight excluding hydrogens is 727 g/mol. The molecule has 0 radical (unpaired) electrons. The lowest BCUT2D eigenvalue weighted by atomic mass is 10.1. The second-order valence-electron chi connectivity index (χ2n) is 13.9. The van der Waals surface area contributed by atoms with Crippen LogP contribution in [0.15, 0.2) is 154 Å². The average Bonchev–Trinajstić information content (AvgIpc) is 3.24. The Morgan fingerprint density at radius 3 is 1.95 bits per heavy atom. The number of esters is 2. The molecule has 294 valence electrons. The zero-order valence-electron chi connectivity index (χ0n) is 33.1. The van der Waals surface area contributed by atoms with Crippen LogP contribution in [0.3, 0.4) is 0 Å². The third-order valence-corrected chi connectivity index (χ3v) is 9.41. The third-order valence-electron chi connectivity index (χ3n) is 9.41. The monoisotopic (exact) mass is 773 g/mol. The fraction of sp³-hybridized carbons (Fsp3) is 0.208. The molecule has 0 bridgehead atoms. The maximum atomic E-state index is 12.8. The fourth-order valence-corrected chi connectivity index (χ4v) is 6.06. The maximum absolute atomic E-state index is 12.8. The molecule has 0 aliphatic carbocycles. The fourth-order valence-electron chi connectivity index (χ4n) is 6.06. The minimum absolute atomic E-state index is 0.393. The third kappa shape index (κ3) is 11.5. The van der Waals surface area contributed by atoms with Crippen molar-refractivity contribution in [3.63, 3.8) is 0 Å². The summed E-state index contributed by atoms with van der Waals surface area (Å²) < 4.78 is 16.4. The number of carbonyl (C=O) groups is 2. The van der Waals surface area contributed by atoms with E-state index < -0.39 is 11.9 Å². The Balaban J connectivity index is 0.994. The van der Waals surface area contributed by atoms with Crippen LogP contribution in [0.4, 0.5) is 28.4 Å². The summed E-state index contributed by atoms with van der Waals surface area (Å²) in [6.45, 7) is 11.0. The molecule has 6 aromatic rings. The Morgan fingerprint density at radius 1 is 0.638 bits per heavy atom. The number of anilines is 1. The molecule has 0 aliphatic heterocycles. The molecule has 0 atom stereocenters. The highest BCUT2D eigenvalue weighted by Gasteiger charge is 2.11. The predicted molar refractivity (Wildman–Crippen MR) is 230 cm³/mol. The molecule has 58 heavy (non-hydrogen) atoms. The second-order valence-corrected chi connectivity index (χ2v) is 13.9. The number of carbonyl (C=O) groups excluding carboxylic acids is 2. The molecule has 0 saturated carbocycles. The van der Waals surface area contributed by atoms with Gasteiger partial charge >= 0.3 is 11.9 Å². The van der Waals surface area contributed by atoms with Crippen molar-refractivity contribution in [2.24, 2.45) is 20.5 Å². The number of azo groups is 2. The van der Waals surface area contributed by atoms with Crippen LogP contribution in [0.1, 0.15) is 58.3 Å². The molecule has 6 aromatic carbocycles. The van der Waals surface area contributed by atoms with Gasteiger partial charge in [0, 0.05) is 29.1 Å². The first-order valence-electron chi connectivity index (χ1n) is 19.4. The summed E-state index contributed by atoms with van der Waals surface area (Å²) in [6, 6.07) is 38.4. The first-order chi connectivity index (χ1) is 28.2. The molecular formula is C48H47N5O5. The summed E-state index contributed by atoms with van der Waals surface area (Å²) in [5.41, 5.74) is 8.67. The zero-order chi connectivity index (χ0) is 40.7. The highest BCUT2D eigenvalue weighted by atomic mass is 16.5. The van der Waals surface area contributed by atoms with Crippen LogP contribution in [-0.4, -0.2) is 25.2 Å². The van der Waals surface area contributed by atoms with Gasteiger partial charge < -0.3 is 19.5 Å². The summed E-state index contributed by atoms with van der Waals surface area (Å²) in [7, 11) is 0. The number of fused-ring (bicyclic) bond motifs is 1. The van der Waals surface area contributed by atoms with Crippen molar-refractivity contribution in [3.05, 3.63) is 162 Å². The highest BCUT2D eigenvalue weighted by Crippen LogP contribution is 2.35. The van der Waals surface area contributed by atoms with Crippen molar-refractivity contribution in [2.75, 3.05) is 18.5 Å². The Morgan fingerprint density at radius 2 is 1.26 bits per heavy atom. The maximum Gasteiger partial charge on any atom is 0.343 e. The summed E-state index contributed by atoms with van der Waals surface area (Å²) in [5.74, 6) is 0.307. The van der Waals surface area contributed by atoms with Gasteiger partial charge in [0.05, 0.1) is 41.5 Å². The summed E-state index contributed by atoms with van der Waals surface area (Å²) in [4.78, 5) is 23.9. The minimum Gasteiger partial charge on any atom is -0.494 e. The Hall–Kier alpha value is -6.94. The quantitative estimate of drug-likeness (QED) is 0.0305. The molecule has 10 heteroatoms. The second kappa shape index (κ2) is 20.3. The van der Waals surface area contributed by atoms with Crippen molar-refractivity contribution in [3.8, 4) is 11.5 Å². The largest absolute Gasteiger partial charge is 0.494 e. The van der Waals surface area contributed by atoms with E-state index >= 15 is 0 Å². The van der Waals surface area contributed by atoms with Gasteiger partial charge in [-0.3, -0.25) is 0 Å². The summed E-state index contributed by atoms with van der Waals surface area (Å²) >= 11 is 0. The first-order valence-corrected chi connectivity index (χ1v) is 19.4. The van der Waals surface area contributed by atoms with Gasteiger partial charge in [-0.2, -0.15) is 15.3 Å².